The molecular weight excluding hydrogens is 343 g/mol. The van der Waals surface area contributed by atoms with E-state index < -0.39 is 0 Å². The summed E-state index contributed by atoms with van der Waals surface area (Å²) in [6, 6.07) is 16.3. The molecule has 2 rings (SSSR count). The largest absolute Gasteiger partial charge is 0.0839 e. The van der Waals surface area contributed by atoms with Gasteiger partial charge in [0, 0.05) is 4.83 Å². The molecule has 19 heavy (non-hydrogen) atoms. The molecule has 2 aromatic carbocycles. The van der Waals surface area contributed by atoms with E-state index in [4.69, 9.17) is 23.2 Å². The second kappa shape index (κ2) is 7.33. The van der Waals surface area contributed by atoms with Gasteiger partial charge in [-0.2, -0.15) is 0 Å². The summed E-state index contributed by atoms with van der Waals surface area (Å²) in [5.74, 6) is 0. The molecule has 100 valence electrons. The van der Waals surface area contributed by atoms with Crippen molar-refractivity contribution in [3.63, 3.8) is 0 Å². The lowest BCUT2D eigenvalue weighted by molar-refractivity contribution is 0.729. The van der Waals surface area contributed by atoms with E-state index >= 15 is 0 Å². The Kier molecular flexibility index (Phi) is 5.75. The molecule has 0 aliphatic heterocycles. The van der Waals surface area contributed by atoms with Crippen LogP contribution in [0.1, 0.15) is 28.8 Å². The third-order valence-corrected chi connectivity index (χ3v) is 4.79. The first kappa shape index (κ1) is 14.9. The first-order valence-corrected chi connectivity index (χ1v) is 7.97. The highest BCUT2D eigenvalue weighted by Gasteiger charge is 2.07. The van der Waals surface area contributed by atoms with Gasteiger partial charge in [-0.3, -0.25) is 0 Å². The molecule has 0 spiro atoms. The molecule has 0 heterocycles. The van der Waals surface area contributed by atoms with Crippen molar-refractivity contribution in [2.45, 2.75) is 24.1 Å². The van der Waals surface area contributed by atoms with E-state index in [2.05, 4.69) is 40.2 Å². The SMILES string of the molecule is Clc1ccc(CCCC(Br)c2ccccc2)cc1Cl. The van der Waals surface area contributed by atoms with Gasteiger partial charge in [-0.05, 0) is 42.5 Å². The standard InChI is InChI=1S/C16H15BrCl2/c17-14(13-6-2-1-3-7-13)8-4-5-12-9-10-15(18)16(19)11-12/h1-3,6-7,9-11,14H,4-5,8H2. The van der Waals surface area contributed by atoms with Gasteiger partial charge in [0.25, 0.3) is 0 Å². The van der Waals surface area contributed by atoms with E-state index in [0.717, 1.165) is 19.3 Å². The Morgan fingerprint density at radius 1 is 0.947 bits per heavy atom. The minimum Gasteiger partial charge on any atom is -0.0839 e. The van der Waals surface area contributed by atoms with Crippen LogP contribution in [-0.4, -0.2) is 0 Å². The number of hydrogen-bond donors (Lipinski definition) is 0. The Morgan fingerprint density at radius 2 is 1.68 bits per heavy atom. The fraction of sp³-hybridized carbons (Fsp3) is 0.250. The Balaban J connectivity index is 1.85. The third-order valence-electron chi connectivity index (χ3n) is 3.07. The van der Waals surface area contributed by atoms with Crippen LogP contribution in [0.25, 0.3) is 0 Å². The first-order chi connectivity index (χ1) is 9.16. The van der Waals surface area contributed by atoms with Gasteiger partial charge in [-0.1, -0.05) is 75.5 Å². The normalized spacial score (nSPS) is 12.4. The molecule has 0 aromatic heterocycles. The minimum absolute atomic E-state index is 0.413. The van der Waals surface area contributed by atoms with Gasteiger partial charge in [0.1, 0.15) is 0 Å². The zero-order valence-electron chi connectivity index (χ0n) is 10.5. The first-order valence-electron chi connectivity index (χ1n) is 6.30. The Bertz CT molecular complexity index is 526. The predicted octanol–water partition coefficient (Wildman–Crippen LogP) is 6.45. The summed E-state index contributed by atoms with van der Waals surface area (Å²) in [6.45, 7) is 0. The summed E-state index contributed by atoms with van der Waals surface area (Å²) in [6.07, 6.45) is 3.23. The number of halogens is 3. The highest BCUT2D eigenvalue weighted by atomic mass is 79.9. The van der Waals surface area contributed by atoms with E-state index in [0.29, 0.717) is 14.9 Å². The maximum atomic E-state index is 6.01. The van der Waals surface area contributed by atoms with Crippen LogP contribution in [0.5, 0.6) is 0 Å². The Labute approximate surface area is 132 Å². The van der Waals surface area contributed by atoms with Crippen molar-refractivity contribution < 1.29 is 0 Å². The lowest BCUT2D eigenvalue weighted by Crippen LogP contribution is -1.92. The highest BCUT2D eigenvalue weighted by molar-refractivity contribution is 9.09. The fourth-order valence-electron chi connectivity index (χ4n) is 2.01. The Hall–Kier alpha value is -0.500. The smallest absolute Gasteiger partial charge is 0.0595 e. The number of hydrogen-bond acceptors (Lipinski definition) is 0. The van der Waals surface area contributed by atoms with Crippen LogP contribution >= 0.6 is 39.1 Å². The van der Waals surface area contributed by atoms with Crippen molar-refractivity contribution in [2.24, 2.45) is 0 Å². The molecule has 1 unspecified atom stereocenters. The van der Waals surface area contributed by atoms with E-state index in [1.165, 1.54) is 11.1 Å². The maximum Gasteiger partial charge on any atom is 0.0595 e. The van der Waals surface area contributed by atoms with Crippen molar-refractivity contribution >= 4 is 39.1 Å². The molecule has 3 heteroatoms. The molecule has 0 N–H and O–H groups in total. The lowest BCUT2D eigenvalue weighted by Gasteiger charge is -2.10. The van der Waals surface area contributed by atoms with Gasteiger partial charge in [0.2, 0.25) is 0 Å². The topological polar surface area (TPSA) is 0 Å². The van der Waals surface area contributed by atoms with E-state index in [9.17, 15) is 0 Å². The third kappa shape index (κ3) is 4.52. The van der Waals surface area contributed by atoms with Gasteiger partial charge in [-0.15, -0.1) is 0 Å². The molecule has 0 fully saturated rings. The molecule has 1 atom stereocenters. The van der Waals surface area contributed by atoms with Crippen molar-refractivity contribution in [1.29, 1.82) is 0 Å². The minimum atomic E-state index is 0.413. The van der Waals surface area contributed by atoms with Crippen LogP contribution in [0.2, 0.25) is 10.0 Å². The molecule has 0 amide bonds. The van der Waals surface area contributed by atoms with Crippen molar-refractivity contribution in [1.82, 2.24) is 0 Å². The monoisotopic (exact) mass is 356 g/mol. The second-order valence-corrected chi connectivity index (χ2v) is 6.44. The van der Waals surface area contributed by atoms with E-state index in [-0.39, 0.29) is 0 Å². The maximum absolute atomic E-state index is 6.01. The summed E-state index contributed by atoms with van der Waals surface area (Å²) >= 11 is 15.7. The number of aryl methyl sites for hydroxylation is 1. The molecule has 0 nitrogen and oxygen atoms in total. The predicted molar refractivity (Wildman–Crippen MR) is 87.5 cm³/mol. The quantitative estimate of drug-likeness (QED) is 0.539. The molecule has 0 saturated heterocycles. The summed E-state index contributed by atoms with van der Waals surface area (Å²) in [7, 11) is 0. The zero-order valence-corrected chi connectivity index (χ0v) is 13.5. The van der Waals surface area contributed by atoms with E-state index in [1.54, 1.807) is 0 Å². The van der Waals surface area contributed by atoms with Gasteiger partial charge in [0.05, 0.1) is 10.0 Å². The molecular formula is C16H15BrCl2. The van der Waals surface area contributed by atoms with Crippen LogP contribution in [0.4, 0.5) is 0 Å². The van der Waals surface area contributed by atoms with Crippen LogP contribution in [0, 0.1) is 0 Å². The average molecular weight is 358 g/mol. The molecule has 0 aliphatic carbocycles. The Morgan fingerprint density at radius 3 is 2.37 bits per heavy atom. The van der Waals surface area contributed by atoms with Gasteiger partial charge < -0.3 is 0 Å². The summed E-state index contributed by atoms with van der Waals surface area (Å²) in [4.78, 5) is 0.413. The zero-order chi connectivity index (χ0) is 13.7. The van der Waals surface area contributed by atoms with Gasteiger partial charge in [0.15, 0.2) is 0 Å². The molecule has 0 radical (unpaired) electrons. The molecule has 0 aliphatic rings. The van der Waals surface area contributed by atoms with Crippen molar-refractivity contribution in [3.05, 3.63) is 69.7 Å². The average Bonchev–Trinajstić information content (AvgIpc) is 2.43. The molecule has 2 aromatic rings. The van der Waals surface area contributed by atoms with Crippen LogP contribution in [-0.2, 0) is 6.42 Å². The lowest BCUT2D eigenvalue weighted by atomic mass is 10.0. The van der Waals surface area contributed by atoms with Gasteiger partial charge in [-0.25, -0.2) is 0 Å². The van der Waals surface area contributed by atoms with Crippen LogP contribution in [0.3, 0.4) is 0 Å². The van der Waals surface area contributed by atoms with Crippen LogP contribution < -0.4 is 0 Å². The van der Waals surface area contributed by atoms with Gasteiger partial charge >= 0.3 is 0 Å². The number of benzene rings is 2. The summed E-state index contributed by atoms with van der Waals surface area (Å²) < 4.78 is 0. The molecule has 0 bridgehead atoms. The van der Waals surface area contributed by atoms with Crippen LogP contribution in [0.15, 0.2) is 48.5 Å². The second-order valence-electron chi connectivity index (χ2n) is 4.52. The van der Waals surface area contributed by atoms with Crippen molar-refractivity contribution in [3.8, 4) is 0 Å². The number of alkyl halides is 1. The summed E-state index contributed by atoms with van der Waals surface area (Å²) in [5.41, 5.74) is 2.57. The summed E-state index contributed by atoms with van der Waals surface area (Å²) in [5, 5.41) is 1.26. The fourth-order valence-corrected chi connectivity index (χ4v) is 2.96. The highest BCUT2D eigenvalue weighted by Crippen LogP contribution is 2.29. The van der Waals surface area contributed by atoms with Crippen molar-refractivity contribution in [2.75, 3.05) is 0 Å². The number of rotatable bonds is 5. The molecule has 0 saturated carbocycles. The van der Waals surface area contributed by atoms with E-state index in [1.807, 2.05) is 24.3 Å².